The van der Waals surface area contributed by atoms with Gasteiger partial charge in [-0.05, 0) is 42.0 Å². The number of aromatic nitrogens is 1. The summed E-state index contributed by atoms with van der Waals surface area (Å²) in [6.07, 6.45) is 1.50. The van der Waals surface area contributed by atoms with Crippen LogP contribution in [-0.4, -0.2) is 38.7 Å². The molecule has 1 aromatic carbocycles. The number of aliphatic hydroxyl groups excluding tert-OH is 3. The topological polar surface area (TPSA) is 146 Å². The van der Waals surface area contributed by atoms with E-state index in [0.717, 1.165) is 12.8 Å². The van der Waals surface area contributed by atoms with Crippen LogP contribution in [0.1, 0.15) is 63.0 Å². The van der Waals surface area contributed by atoms with Gasteiger partial charge in [-0.25, -0.2) is 4.79 Å². The highest BCUT2D eigenvalue weighted by Gasteiger charge is 2.37. The summed E-state index contributed by atoms with van der Waals surface area (Å²) in [4.78, 5) is 28.6. The van der Waals surface area contributed by atoms with Crippen molar-refractivity contribution in [3.63, 3.8) is 0 Å². The van der Waals surface area contributed by atoms with Gasteiger partial charge < -0.3 is 30.8 Å². The van der Waals surface area contributed by atoms with Crippen LogP contribution >= 0.6 is 0 Å². The average molecular weight is 402 g/mol. The molecule has 1 fully saturated rings. The SMILES string of the molecule is CCOC(=O)c1[nH]c(CN)c(-c2ccc(CO)c(CO)c2CO)c1C(=O)C1CC1. The van der Waals surface area contributed by atoms with Crippen LogP contribution in [0.5, 0.6) is 0 Å². The molecule has 1 heterocycles. The number of rotatable bonds is 9. The molecule has 1 saturated carbocycles. The number of aliphatic hydroxyl groups is 3. The predicted octanol–water partition coefficient (Wildman–Crippen LogP) is 1.39. The largest absolute Gasteiger partial charge is 0.461 e. The number of Topliss-reactive ketones (excluding diaryl/α,β-unsaturated/α-hetero) is 1. The van der Waals surface area contributed by atoms with Crippen LogP contribution in [0, 0.1) is 5.92 Å². The summed E-state index contributed by atoms with van der Waals surface area (Å²) in [5, 5.41) is 29.4. The molecule has 1 aliphatic carbocycles. The minimum atomic E-state index is -0.641. The van der Waals surface area contributed by atoms with Crippen molar-refractivity contribution in [1.82, 2.24) is 4.98 Å². The first-order valence-corrected chi connectivity index (χ1v) is 9.65. The van der Waals surface area contributed by atoms with Crippen molar-refractivity contribution in [3.8, 4) is 11.1 Å². The number of carbonyl (C=O) groups excluding carboxylic acids is 2. The summed E-state index contributed by atoms with van der Waals surface area (Å²) >= 11 is 0. The summed E-state index contributed by atoms with van der Waals surface area (Å²) < 4.78 is 5.12. The number of aromatic amines is 1. The van der Waals surface area contributed by atoms with E-state index in [1.165, 1.54) is 0 Å². The van der Waals surface area contributed by atoms with Gasteiger partial charge in [0.05, 0.1) is 32.0 Å². The molecule has 8 heteroatoms. The van der Waals surface area contributed by atoms with Crippen LogP contribution in [0.4, 0.5) is 0 Å². The molecule has 0 bridgehead atoms. The van der Waals surface area contributed by atoms with Crippen molar-refractivity contribution < 1.29 is 29.6 Å². The fourth-order valence-electron chi connectivity index (χ4n) is 3.66. The Kier molecular flexibility index (Phi) is 6.49. The summed E-state index contributed by atoms with van der Waals surface area (Å²) in [7, 11) is 0. The van der Waals surface area contributed by atoms with E-state index in [0.29, 0.717) is 33.5 Å². The normalized spacial score (nSPS) is 13.6. The molecule has 0 spiro atoms. The molecule has 0 atom stereocenters. The molecule has 1 aromatic heterocycles. The van der Waals surface area contributed by atoms with Crippen molar-refractivity contribution in [3.05, 3.63) is 45.8 Å². The van der Waals surface area contributed by atoms with Gasteiger partial charge in [0.15, 0.2) is 5.78 Å². The number of carbonyl (C=O) groups is 2. The highest BCUT2D eigenvalue weighted by molar-refractivity contribution is 6.12. The predicted molar refractivity (Wildman–Crippen MR) is 105 cm³/mol. The van der Waals surface area contributed by atoms with Crippen LogP contribution < -0.4 is 5.73 Å². The lowest BCUT2D eigenvalue weighted by Crippen LogP contribution is -2.13. The number of nitrogens with two attached hydrogens (primary N) is 1. The summed E-state index contributed by atoms with van der Waals surface area (Å²) in [6, 6.07) is 3.29. The molecule has 8 nitrogen and oxygen atoms in total. The van der Waals surface area contributed by atoms with E-state index in [1.54, 1.807) is 19.1 Å². The standard InChI is InChI=1S/C21H26N2O6/c1-2-29-21(28)19-18(20(27)11-3-4-11)17(16(7-22)23-19)13-6-5-12(8-24)14(9-25)15(13)10-26/h5-6,11,23-26H,2-4,7-10,22H2,1H3. The van der Waals surface area contributed by atoms with Crippen molar-refractivity contribution in [2.75, 3.05) is 6.61 Å². The Hall–Kier alpha value is -2.52. The maximum Gasteiger partial charge on any atom is 0.355 e. The Balaban J connectivity index is 2.31. The molecule has 2 aromatic rings. The first-order chi connectivity index (χ1) is 14.0. The van der Waals surface area contributed by atoms with Crippen LogP contribution in [0.2, 0.25) is 0 Å². The van der Waals surface area contributed by atoms with Crippen LogP contribution in [0.25, 0.3) is 11.1 Å². The zero-order valence-corrected chi connectivity index (χ0v) is 16.3. The lowest BCUT2D eigenvalue weighted by Gasteiger charge is -2.17. The number of nitrogens with one attached hydrogen (secondary N) is 1. The first kappa shape index (κ1) is 21.2. The number of H-pyrrole nitrogens is 1. The van der Waals surface area contributed by atoms with Crippen molar-refractivity contribution >= 4 is 11.8 Å². The van der Waals surface area contributed by atoms with Gasteiger partial charge in [-0.1, -0.05) is 12.1 Å². The number of hydrogen-bond donors (Lipinski definition) is 5. The van der Waals surface area contributed by atoms with Crippen LogP contribution in [0.15, 0.2) is 12.1 Å². The van der Waals surface area contributed by atoms with E-state index in [1.807, 2.05) is 0 Å². The van der Waals surface area contributed by atoms with Gasteiger partial charge in [-0.2, -0.15) is 0 Å². The van der Waals surface area contributed by atoms with E-state index in [9.17, 15) is 24.9 Å². The molecule has 1 aliphatic rings. The molecule has 0 saturated heterocycles. The van der Waals surface area contributed by atoms with E-state index < -0.39 is 19.2 Å². The van der Waals surface area contributed by atoms with Crippen molar-refractivity contribution in [1.29, 1.82) is 0 Å². The Morgan fingerprint density at radius 3 is 2.34 bits per heavy atom. The smallest absolute Gasteiger partial charge is 0.355 e. The van der Waals surface area contributed by atoms with Gasteiger partial charge in [0.25, 0.3) is 0 Å². The molecule has 0 aliphatic heterocycles. The second kappa shape index (κ2) is 8.87. The highest BCUT2D eigenvalue weighted by atomic mass is 16.5. The zero-order chi connectivity index (χ0) is 21.1. The monoisotopic (exact) mass is 402 g/mol. The Bertz CT molecular complexity index is 930. The number of hydrogen-bond acceptors (Lipinski definition) is 7. The fraction of sp³-hybridized carbons (Fsp3) is 0.429. The number of esters is 1. The fourth-order valence-corrected chi connectivity index (χ4v) is 3.66. The lowest BCUT2D eigenvalue weighted by atomic mass is 9.88. The molecule has 29 heavy (non-hydrogen) atoms. The Morgan fingerprint density at radius 1 is 1.14 bits per heavy atom. The number of ether oxygens (including phenoxy) is 1. The van der Waals surface area contributed by atoms with Crippen LogP contribution in [-0.2, 0) is 31.1 Å². The second-order valence-corrected chi connectivity index (χ2v) is 7.00. The second-order valence-electron chi connectivity index (χ2n) is 7.00. The quantitative estimate of drug-likeness (QED) is 0.315. The molecular formula is C21H26N2O6. The van der Waals surface area contributed by atoms with Gasteiger partial charge in [0, 0.05) is 23.7 Å². The summed E-state index contributed by atoms with van der Waals surface area (Å²) in [5.41, 5.74) is 8.82. The van der Waals surface area contributed by atoms with E-state index in [2.05, 4.69) is 4.98 Å². The van der Waals surface area contributed by atoms with Crippen molar-refractivity contribution in [2.24, 2.45) is 11.7 Å². The maximum absolute atomic E-state index is 13.1. The van der Waals surface area contributed by atoms with E-state index in [4.69, 9.17) is 10.5 Å². The molecule has 0 unspecified atom stereocenters. The minimum absolute atomic E-state index is 0.0285. The molecule has 0 radical (unpaired) electrons. The Morgan fingerprint density at radius 2 is 1.83 bits per heavy atom. The average Bonchev–Trinajstić information content (AvgIpc) is 3.51. The van der Waals surface area contributed by atoms with Gasteiger partial charge in [-0.15, -0.1) is 0 Å². The zero-order valence-electron chi connectivity index (χ0n) is 16.3. The van der Waals surface area contributed by atoms with Crippen LogP contribution in [0.3, 0.4) is 0 Å². The summed E-state index contributed by atoms with van der Waals surface area (Å²) in [6.45, 7) is 0.754. The molecule has 156 valence electrons. The Labute approximate surface area is 168 Å². The van der Waals surface area contributed by atoms with Gasteiger partial charge >= 0.3 is 5.97 Å². The van der Waals surface area contributed by atoms with Gasteiger partial charge in [0.2, 0.25) is 0 Å². The third kappa shape index (κ3) is 3.84. The maximum atomic E-state index is 13.1. The van der Waals surface area contributed by atoms with E-state index in [-0.39, 0.29) is 42.7 Å². The lowest BCUT2D eigenvalue weighted by molar-refractivity contribution is 0.0516. The number of ketones is 1. The minimum Gasteiger partial charge on any atom is -0.461 e. The van der Waals surface area contributed by atoms with Gasteiger partial charge in [0.1, 0.15) is 5.69 Å². The van der Waals surface area contributed by atoms with Crippen molar-refractivity contribution in [2.45, 2.75) is 46.1 Å². The highest BCUT2D eigenvalue weighted by Crippen LogP contribution is 2.41. The van der Waals surface area contributed by atoms with E-state index >= 15 is 0 Å². The van der Waals surface area contributed by atoms with Gasteiger partial charge in [-0.3, -0.25) is 4.79 Å². The third-order valence-electron chi connectivity index (χ3n) is 5.24. The first-order valence-electron chi connectivity index (χ1n) is 9.65. The molecule has 0 amide bonds. The number of benzene rings is 1. The third-order valence-corrected chi connectivity index (χ3v) is 5.24. The molecule has 6 N–H and O–H groups in total. The summed E-state index contributed by atoms with van der Waals surface area (Å²) in [5.74, 6) is -0.966. The molecule has 3 rings (SSSR count). The molecular weight excluding hydrogens is 376 g/mol.